The van der Waals surface area contributed by atoms with Gasteiger partial charge in [-0.3, -0.25) is 14.7 Å². The third-order valence-corrected chi connectivity index (χ3v) is 7.16. The first kappa shape index (κ1) is 19.6. The van der Waals surface area contributed by atoms with Crippen LogP contribution in [0.3, 0.4) is 0 Å². The Kier molecular flexibility index (Phi) is 5.48. The molecule has 1 aliphatic carbocycles. The van der Waals surface area contributed by atoms with Crippen molar-refractivity contribution in [3.63, 3.8) is 0 Å². The number of halogens is 1. The lowest BCUT2D eigenvalue weighted by atomic mass is 9.81. The molecule has 30 heavy (non-hydrogen) atoms. The number of nitrogens with one attached hydrogen (secondary N) is 1. The van der Waals surface area contributed by atoms with Gasteiger partial charge in [-0.1, -0.05) is 12.1 Å². The first-order valence-electron chi connectivity index (χ1n) is 10.6. The summed E-state index contributed by atoms with van der Waals surface area (Å²) in [7, 11) is 0. The van der Waals surface area contributed by atoms with Crippen LogP contribution in [0.1, 0.15) is 25.7 Å². The van der Waals surface area contributed by atoms with Crippen LogP contribution in [0.2, 0.25) is 0 Å². The van der Waals surface area contributed by atoms with Gasteiger partial charge < -0.3 is 5.32 Å². The van der Waals surface area contributed by atoms with E-state index in [1.165, 1.54) is 0 Å². The molecule has 0 unspecified atom stereocenters. The zero-order valence-corrected chi connectivity index (χ0v) is 17.6. The van der Waals surface area contributed by atoms with Crippen molar-refractivity contribution < 1.29 is 9.18 Å². The number of alkyl halides is 1. The van der Waals surface area contributed by atoms with E-state index in [0.717, 1.165) is 53.4 Å². The van der Waals surface area contributed by atoms with Gasteiger partial charge in [0.2, 0.25) is 5.91 Å². The van der Waals surface area contributed by atoms with E-state index in [2.05, 4.69) is 32.3 Å². The Labute approximate surface area is 179 Å². The van der Waals surface area contributed by atoms with E-state index in [0.29, 0.717) is 24.8 Å². The number of amides is 1. The van der Waals surface area contributed by atoms with Gasteiger partial charge in [0.05, 0.1) is 10.4 Å². The van der Waals surface area contributed by atoms with Crippen LogP contribution in [-0.2, 0) is 4.79 Å². The molecular weight excluding hydrogens is 399 g/mol. The molecular formula is C23H25FN4OS. The summed E-state index contributed by atoms with van der Waals surface area (Å²) in [4.78, 5) is 24.7. The number of rotatable bonds is 5. The van der Waals surface area contributed by atoms with Crippen molar-refractivity contribution in [3.05, 3.63) is 42.2 Å². The Hall–Kier alpha value is -2.38. The molecule has 1 saturated heterocycles. The lowest BCUT2D eigenvalue weighted by Gasteiger charge is -2.38. The molecule has 156 valence electrons. The highest BCUT2D eigenvalue weighted by Crippen LogP contribution is 2.32. The summed E-state index contributed by atoms with van der Waals surface area (Å²) >= 11 is 1.61. The van der Waals surface area contributed by atoms with Gasteiger partial charge in [0.15, 0.2) is 0 Å². The number of fused-ring (bicyclic) bond motifs is 1. The molecule has 2 fully saturated rings. The van der Waals surface area contributed by atoms with Crippen molar-refractivity contribution in [3.8, 4) is 10.4 Å². The van der Waals surface area contributed by atoms with E-state index in [9.17, 15) is 9.18 Å². The molecule has 3 aromatic rings. The van der Waals surface area contributed by atoms with Crippen molar-refractivity contribution in [2.24, 2.45) is 11.8 Å². The molecule has 1 amide bonds. The van der Waals surface area contributed by atoms with Crippen molar-refractivity contribution in [2.75, 3.05) is 25.0 Å². The lowest BCUT2D eigenvalue weighted by molar-refractivity contribution is -0.121. The minimum atomic E-state index is -0.639. The maximum Gasteiger partial charge on any atom is 0.228 e. The molecule has 1 aromatic carbocycles. The van der Waals surface area contributed by atoms with Crippen LogP contribution in [0.15, 0.2) is 42.2 Å². The molecule has 1 N–H and O–H groups in total. The molecule has 0 atom stereocenters. The number of benzene rings is 1. The third-order valence-electron chi connectivity index (χ3n) is 6.34. The highest BCUT2D eigenvalue weighted by Gasteiger charge is 2.31. The van der Waals surface area contributed by atoms with E-state index >= 15 is 0 Å². The molecule has 2 aliphatic rings. The molecule has 7 heteroatoms. The zero-order chi connectivity index (χ0) is 20.5. The van der Waals surface area contributed by atoms with Gasteiger partial charge in [0.1, 0.15) is 12.0 Å². The largest absolute Gasteiger partial charge is 0.310 e. The number of carbonyl (C=O) groups is 1. The lowest BCUT2D eigenvalue weighted by Crippen LogP contribution is -2.50. The minimum absolute atomic E-state index is 0.0348. The summed E-state index contributed by atoms with van der Waals surface area (Å²) in [6, 6.07) is 8.18. The number of pyridine rings is 1. The predicted octanol–water partition coefficient (Wildman–Crippen LogP) is 4.76. The molecule has 5 nitrogen and oxygen atoms in total. The van der Waals surface area contributed by atoms with Crippen LogP contribution in [0.5, 0.6) is 0 Å². The molecule has 1 saturated carbocycles. The zero-order valence-electron chi connectivity index (χ0n) is 16.8. The molecule has 0 spiro atoms. The first-order chi connectivity index (χ1) is 14.6. The van der Waals surface area contributed by atoms with Crippen molar-refractivity contribution in [1.82, 2.24) is 14.9 Å². The summed E-state index contributed by atoms with van der Waals surface area (Å²) in [6.45, 7) is 2.14. The van der Waals surface area contributed by atoms with Crippen LogP contribution < -0.4 is 5.32 Å². The maximum atomic E-state index is 13.0. The topological polar surface area (TPSA) is 58.1 Å². The summed E-state index contributed by atoms with van der Waals surface area (Å²) in [5.74, 6) is 1.29. The predicted molar refractivity (Wildman–Crippen MR) is 118 cm³/mol. The Bertz CT molecular complexity index is 1030. The van der Waals surface area contributed by atoms with Gasteiger partial charge in [0, 0.05) is 43.3 Å². The van der Waals surface area contributed by atoms with Crippen molar-refractivity contribution >= 4 is 33.8 Å². The molecule has 0 radical (unpaired) electrons. The number of carbonyl (C=O) groups excluding carboxylic acids is 1. The summed E-state index contributed by atoms with van der Waals surface area (Å²) in [6.07, 6.45) is 6.90. The smallest absolute Gasteiger partial charge is 0.228 e. The number of aromatic nitrogens is 2. The van der Waals surface area contributed by atoms with E-state index in [1.54, 1.807) is 11.3 Å². The Morgan fingerprint density at radius 3 is 2.70 bits per heavy atom. The monoisotopic (exact) mass is 424 g/mol. The molecule has 5 rings (SSSR count). The van der Waals surface area contributed by atoms with E-state index in [-0.39, 0.29) is 11.8 Å². The number of anilines is 1. The molecule has 1 aliphatic heterocycles. The molecule has 0 bridgehead atoms. The quantitative estimate of drug-likeness (QED) is 0.642. The molecule has 3 heterocycles. The van der Waals surface area contributed by atoms with Crippen LogP contribution in [0.25, 0.3) is 21.2 Å². The number of hydrogen-bond donors (Lipinski definition) is 1. The van der Waals surface area contributed by atoms with Gasteiger partial charge in [0.25, 0.3) is 0 Å². The van der Waals surface area contributed by atoms with Crippen LogP contribution >= 0.6 is 11.3 Å². The first-order valence-corrected chi connectivity index (χ1v) is 11.5. The van der Waals surface area contributed by atoms with Gasteiger partial charge in [-0.2, -0.15) is 0 Å². The fraction of sp³-hybridized carbons (Fsp3) is 0.435. The van der Waals surface area contributed by atoms with Crippen LogP contribution in [0, 0.1) is 11.8 Å². The number of thiazole rings is 1. The summed E-state index contributed by atoms with van der Waals surface area (Å²) < 4.78 is 13.0. The fourth-order valence-electron chi connectivity index (χ4n) is 4.58. The van der Waals surface area contributed by atoms with E-state index in [4.69, 9.17) is 0 Å². The average Bonchev–Trinajstić information content (AvgIpc) is 3.27. The van der Waals surface area contributed by atoms with Crippen molar-refractivity contribution in [2.45, 2.75) is 31.9 Å². The number of hydrogen-bond acceptors (Lipinski definition) is 5. The Morgan fingerprint density at radius 1 is 1.13 bits per heavy atom. The third kappa shape index (κ3) is 4.23. The van der Waals surface area contributed by atoms with E-state index < -0.39 is 6.17 Å². The Balaban J connectivity index is 1.20. The standard InChI is InChI=1S/C23H25FN4OS/c24-20-12-28(13-20)11-15-1-3-16(4-2-15)23(29)27-22-8-19-7-17(21-10-25-14-30-21)5-6-18(19)9-26-22/h5-10,14-16,20H,1-4,11-13H2,(H,26,27,29)/t15-,16-. The number of nitrogens with zero attached hydrogens (tertiary/aromatic N) is 3. The van der Waals surface area contributed by atoms with Gasteiger partial charge in [-0.05, 0) is 54.7 Å². The molecule has 2 aromatic heterocycles. The highest BCUT2D eigenvalue weighted by atomic mass is 32.1. The second kappa shape index (κ2) is 8.40. The van der Waals surface area contributed by atoms with Crippen LogP contribution in [-0.4, -0.2) is 46.6 Å². The SMILES string of the molecule is O=C(Nc1cc2cc(-c3cncs3)ccc2cn1)[C@H]1CC[C@H](CN2CC(F)C2)CC1. The maximum absolute atomic E-state index is 13.0. The van der Waals surface area contributed by atoms with Crippen LogP contribution in [0.4, 0.5) is 10.2 Å². The van der Waals surface area contributed by atoms with Gasteiger partial charge in [-0.15, -0.1) is 11.3 Å². The van der Waals surface area contributed by atoms with Gasteiger partial charge >= 0.3 is 0 Å². The number of likely N-dealkylation sites (tertiary alicyclic amines) is 1. The second-order valence-electron chi connectivity index (χ2n) is 8.52. The highest BCUT2D eigenvalue weighted by molar-refractivity contribution is 7.13. The summed E-state index contributed by atoms with van der Waals surface area (Å²) in [5, 5.41) is 5.12. The normalized spacial score (nSPS) is 22.7. The van der Waals surface area contributed by atoms with E-state index in [1.807, 2.05) is 30.0 Å². The van der Waals surface area contributed by atoms with Crippen molar-refractivity contribution in [1.29, 1.82) is 0 Å². The van der Waals surface area contributed by atoms with Gasteiger partial charge in [-0.25, -0.2) is 9.37 Å². The minimum Gasteiger partial charge on any atom is -0.310 e. The average molecular weight is 425 g/mol. The fourth-order valence-corrected chi connectivity index (χ4v) is 5.20. The Morgan fingerprint density at radius 2 is 1.97 bits per heavy atom. The summed E-state index contributed by atoms with van der Waals surface area (Å²) in [5.41, 5.74) is 2.95. The second-order valence-corrected chi connectivity index (χ2v) is 9.41.